The largest absolute Gasteiger partial charge is 0.456 e. The topological polar surface area (TPSA) is 100 Å². The van der Waals surface area contributed by atoms with E-state index in [1.165, 1.54) is 57.2 Å². The van der Waals surface area contributed by atoms with Crippen molar-refractivity contribution < 1.29 is 4.42 Å². The van der Waals surface area contributed by atoms with E-state index in [1.807, 2.05) is 40.9 Å². The summed E-state index contributed by atoms with van der Waals surface area (Å²) in [6, 6.07) is 109. The molecule has 104 heavy (non-hydrogen) atoms. The molecule has 0 radical (unpaired) electrons. The van der Waals surface area contributed by atoms with Gasteiger partial charge < -0.3 is 13.6 Å². The molecular weight excluding hydrogens is 1310 g/mol. The molecule has 7 aromatic heterocycles. The van der Waals surface area contributed by atoms with Crippen molar-refractivity contribution in [1.29, 1.82) is 0 Å². The Morgan fingerprint density at radius 3 is 1.33 bits per heavy atom. The number of fused-ring (bicyclic) bond motifs is 18. The van der Waals surface area contributed by atoms with Crippen LogP contribution in [0.3, 0.4) is 0 Å². The van der Waals surface area contributed by atoms with E-state index in [9.17, 15) is 0 Å². The molecule has 486 valence electrons. The van der Waals surface area contributed by atoms with Crippen LogP contribution in [0.2, 0.25) is 0 Å². The lowest BCUT2D eigenvalue weighted by atomic mass is 9.82. The third kappa shape index (κ3) is 9.03. The minimum Gasteiger partial charge on any atom is -0.456 e. The van der Waals surface area contributed by atoms with Crippen molar-refractivity contribution in [3.63, 3.8) is 0 Å². The minimum absolute atomic E-state index is 0.194. The highest BCUT2D eigenvalue weighted by Crippen LogP contribution is 2.51. The van der Waals surface area contributed by atoms with Crippen LogP contribution < -0.4 is 0 Å². The molecule has 0 saturated heterocycles. The molecule has 0 spiro atoms. The Bertz CT molecular complexity index is 7220. The zero-order chi connectivity index (χ0) is 68.5. The Balaban J connectivity index is 0.687. The van der Waals surface area contributed by atoms with E-state index in [2.05, 4.69) is 308 Å². The fourth-order valence-corrected chi connectivity index (χ4v) is 18.7. The molecule has 0 aliphatic heterocycles. The summed E-state index contributed by atoms with van der Waals surface area (Å²) in [5.41, 5.74) is 20.8. The number of rotatable bonds is 9. The smallest absolute Gasteiger partial charge is 0.164 e. The van der Waals surface area contributed by atoms with Crippen molar-refractivity contribution in [3.8, 4) is 102 Å². The van der Waals surface area contributed by atoms with Gasteiger partial charge in [-0.15, -0.1) is 22.7 Å². The first kappa shape index (κ1) is 58.7. The van der Waals surface area contributed by atoms with Gasteiger partial charge in [0.15, 0.2) is 34.9 Å². The Morgan fingerprint density at radius 1 is 0.260 bits per heavy atom. The number of furan rings is 1. The molecule has 21 aromatic rings. The summed E-state index contributed by atoms with van der Waals surface area (Å²) < 4.78 is 16.1. The summed E-state index contributed by atoms with van der Waals surface area (Å²) in [6.07, 6.45) is 0. The molecule has 11 heteroatoms. The maximum absolute atomic E-state index is 6.49. The fourth-order valence-electron chi connectivity index (χ4n) is 16.4. The van der Waals surface area contributed by atoms with Crippen molar-refractivity contribution in [3.05, 3.63) is 314 Å². The molecule has 22 rings (SSSR count). The fraction of sp³-hybridized carbons (Fsp3) is 0.0323. The van der Waals surface area contributed by atoms with E-state index in [0.717, 1.165) is 127 Å². The van der Waals surface area contributed by atoms with Crippen molar-refractivity contribution in [2.45, 2.75) is 19.3 Å². The normalized spacial score (nSPS) is 12.8. The molecule has 7 heterocycles. The van der Waals surface area contributed by atoms with Crippen LogP contribution in [-0.2, 0) is 5.41 Å². The van der Waals surface area contributed by atoms with Crippen LogP contribution in [0.15, 0.2) is 308 Å². The van der Waals surface area contributed by atoms with Gasteiger partial charge in [-0.05, 0) is 179 Å². The highest BCUT2D eigenvalue weighted by molar-refractivity contribution is 7.26. The standard InChI is InChI=1S/C93H56N8OS2/c1-93(2)75-28-13-9-22-63(75)64-39-32-58(51-76(64)93)91-96-89(56-37-44-84-73(49-56)68-25-12-16-31-83(68)103-84)95-90(97-91)57-38-45-85-74(50-57)69-27-17-26-62(86(69)104-85)53-34-41-79-71(46-53)72-48-55(36-43-80(72)101(79)61-20-7-4-8-21-61)88-94-87(98-92(99-88)59-33-40-67-66-24-11-15-30-81(66)102-82(67)52-59)54-35-42-78-70(47-54)65-23-10-14-29-77(65)100(78)60-18-5-3-6-19-60/h3-52H,1-2H3. The summed E-state index contributed by atoms with van der Waals surface area (Å²) in [5, 5.41) is 11.3. The number of aromatic nitrogens is 8. The number of nitrogens with zero attached hydrogens (tertiary/aromatic N) is 8. The highest BCUT2D eigenvalue weighted by atomic mass is 32.1. The van der Waals surface area contributed by atoms with Gasteiger partial charge in [-0.25, -0.2) is 29.9 Å². The van der Waals surface area contributed by atoms with Crippen molar-refractivity contribution in [1.82, 2.24) is 39.0 Å². The second-order valence-corrected chi connectivity index (χ2v) is 29.8. The first-order valence-electron chi connectivity index (χ1n) is 35.0. The van der Waals surface area contributed by atoms with Gasteiger partial charge >= 0.3 is 0 Å². The van der Waals surface area contributed by atoms with Crippen molar-refractivity contribution in [2.24, 2.45) is 0 Å². The average Bonchev–Trinajstić information content (AvgIpc) is 1.49. The summed E-state index contributed by atoms with van der Waals surface area (Å²) >= 11 is 3.63. The second kappa shape index (κ2) is 22.5. The zero-order valence-corrected chi connectivity index (χ0v) is 57.8. The second-order valence-electron chi connectivity index (χ2n) is 27.7. The Hall–Kier alpha value is -13.1. The lowest BCUT2D eigenvalue weighted by Gasteiger charge is -2.21. The Morgan fingerprint density at radius 2 is 0.673 bits per heavy atom. The zero-order valence-electron chi connectivity index (χ0n) is 56.2. The maximum Gasteiger partial charge on any atom is 0.164 e. The lowest BCUT2D eigenvalue weighted by molar-refractivity contribution is 0.660. The molecule has 0 unspecified atom stereocenters. The number of hydrogen-bond acceptors (Lipinski definition) is 9. The Kier molecular flexibility index (Phi) is 12.7. The average molecular weight is 1370 g/mol. The number of thiophene rings is 2. The van der Waals surface area contributed by atoms with E-state index in [0.29, 0.717) is 34.9 Å². The van der Waals surface area contributed by atoms with Crippen LogP contribution in [-0.4, -0.2) is 39.0 Å². The molecule has 0 saturated carbocycles. The van der Waals surface area contributed by atoms with Crippen LogP contribution in [0.25, 0.3) is 208 Å². The molecular formula is C93H56N8OS2. The number of para-hydroxylation sites is 4. The monoisotopic (exact) mass is 1360 g/mol. The molecule has 9 nitrogen and oxygen atoms in total. The number of hydrogen-bond donors (Lipinski definition) is 0. The summed E-state index contributed by atoms with van der Waals surface area (Å²) in [5.74, 6) is 3.58. The predicted octanol–water partition coefficient (Wildman–Crippen LogP) is 24.9. The van der Waals surface area contributed by atoms with Crippen molar-refractivity contribution >= 4 is 129 Å². The Labute approximate surface area is 603 Å². The van der Waals surface area contributed by atoms with Crippen LogP contribution in [0.5, 0.6) is 0 Å². The molecule has 14 aromatic carbocycles. The molecule has 1 aliphatic carbocycles. The van der Waals surface area contributed by atoms with Gasteiger partial charge in [0.25, 0.3) is 0 Å². The number of benzene rings is 14. The predicted molar refractivity (Wildman–Crippen MR) is 431 cm³/mol. The summed E-state index contributed by atoms with van der Waals surface area (Å²) in [7, 11) is 0. The third-order valence-corrected chi connectivity index (χ3v) is 23.8. The van der Waals surface area contributed by atoms with E-state index in [-0.39, 0.29) is 5.41 Å². The maximum atomic E-state index is 6.49. The van der Waals surface area contributed by atoms with E-state index in [4.69, 9.17) is 34.3 Å². The van der Waals surface area contributed by atoms with Crippen LogP contribution in [0.4, 0.5) is 0 Å². The first-order valence-corrected chi connectivity index (χ1v) is 36.7. The van der Waals surface area contributed by atoms with Gasteiger partial charge in [0.05, 0.1) is 22.1 Å². The van der Waals surface area contributed by atoms with Crippen LogP contribution in [0, 0.1) is 0 Å². The van der Waals surface area contributed by atoms with Gasteiger partial charge in [0.1, 0.15) is 11.2 Å². The molecule has 0 amide bonds. The highest BCUT2D eigenvalue weighted by Gasteiger charge is 2.36. The van der Waals surface area contributed by atoms with E-state index >= 15 is 0 Å². The van der Waals surface area contributed by atoms with Gasteiger partial charge in [-0.1, -0.05) is 172 Å². The van der Waals surface area contributed by atoms with Crippen LogP contribution >= 0.6 is 22.7 Å². The summed E-state index contributed by atoms with van der Waals surface area (Å²) in [6.45, 7) is 4.64. The lowest BCUT2D eigenvalue weighted by Crippen LogP contribution is -2.15. The molecule has 0 fully saturated rings. The van der Waals surface area contributed by atoms with Gasteiger partial charge in [-0.3, -0.25) is 0 Å². The quantitative estimate of drug-likeness (QED) is 0.142. The van der Waals surface area contributed by atoms with E-state index < -0.39 is 0 Å². The van der Waals surface area contributed by atoms with Crippen LogP contribution in [0.1, 0.15) is 25.0 Å². The van der Waals surface area contributed by atoms with E-state index in [1.54, 1.807) is 0 Å². The molecule has 0 bridgehead atoms. The third-order valence-electron chi connectivity index (χ3n) is 21.4. The van der Waals surface area contributed by atoms with Gasteiger partial charge in [-0.2, -0.15) is 0 Å². The summed E-state index contributed by atoms with van der Waals surface area (Å²) in [4.78, 5) is 32.4. The molecule has 0 atom stereocenters. The molecule has 0 N–H and O–H groups in total. The first-order chi connectivity index (χ1) is 51.2. The van der Waals surface area contributed by atoms with Gasteiger partial charge in [0.2, 0.25) is 0 Å². The molecule has 1 aliphatic rings. The SMILES string of the molecule is CC1(C)c2ccccc2-c2ccc(-c3nc(-c4ccc5sc6ccccc6c5c4)nc(-c4ccc5sc6c(-c7ccc8c(c7)c7cc(-c9nc(-c%10ccc%11c(c%10)oc%10ccccc%10%11)nc(-c%10ccc%11c(c%10)c%10ccccc%10n%11-c%10ccccc%10)n9)ccc7n8-c7ccccc7)cccc6c5c4)n3)cc21. The minimum atomic E-state index is -0.194. The van der Waals surface area contributed by atoms with Crippen molar-refractivity contribution in [2.75, 3.05) is 0 Å². The van der Waals surface area contributed by atoms with Gasteiger partial charge in [0, 0.05) is 123 Å².